The number of ketones is 7. The predicted octanol–water partition coefficient (Wildman–Crippen LogP) is 27.4. The minimum Gasteiger partial charge on any atom is -0.507 e. The summed E-state index contributed by atoms with van der Waals surface area (Å²) in [6.45, 7) is 13.4. The number of halogens is 2. The molecule has 738 valence electrons. The average molecular weight is 2030 g/mol. The van der Waals surface area contributed by atoms with E-state index in [0.29, 0.717) is 135 Å². The van der Waals surface area contributed by atoms with Gasteiger partial charge in [0, 0.05) is 118 Å². The summed E-state index contributed by atoms with van der Waals surface area (Å²) in [7, 11) is 0. The fourth-order valence-corrected chi connectivity index (χ4v) is 24.2. The molecule has 11 aromatic heterocycles. The molecule has 4 fully saturated rings. The largest absolute Gasteiger partial charge is 0.507 e. The number of carbonyl (C=O) groups is 8. The quantitative estimate of drug-likeness (QED) is 0.0244. The Labute approximate surface area is 860 Å². The van der Waals surface area contributed by atoms with Gasteiger partial charge in [0.25, 0.3) is 5.91 Å². The predicted molar refractivity (Wildman–Crippen MR) is 568 cm³/mol. The lowest BCUT2D eigenvalue weighted by molar-refractivity contribution is 0.0919. The first-order chi connectivity index (χ1) is 70.2. The van der Waals surface area contributed by atoms with Crippen LogP contribution >= 0.6 is 56.9 Å². The molecule has 5 aromatic carbocycles. The number of benzene rings is 5. The summed E-state index contributed by atoms with van der Waals surface area (Å²) in [4.78, 5) is 141. The molecule has 145 heavy (non-hydrogen) atoms. The van der Waals surface area contributed by atoms with Gasteiger partial charge in [0.05, 0.1) is 91.4 Å². The molecule has 30 heteroatoms. The Morgan fingerprint density at radius 2 is 0.848 bits per heavy atom. The van der Waals surface area contributed by atoms with Crippen molar-refractivity contribution < 1.29 is 53.0 Å². The zero-order valence-electron chi connectivity index (χ0n) is 81.7. The third-order valence-electron chi connectivity index (χ3n) is 28.0. The van der Waals surface area contributed by atoms with E-state index >= 15 is 4.39 Å². The number of aromatic nitrogens is 11. The van der Waals surface area contributed by atoms with Gasteiger partial charge in [0.1, 0.15) is 57.5 Å². The second-order valence-corrected chi connectivity index (χ2v) is 43.1. The van der Waals surface area contributed by atoms with E-state index in [4.69, 9.17) is 38.0 Å². The van der Waals surface area contributed by atoms with Crippen molar-refractivity contribution >= 4 is 147 Å². The first kappa shape index (κ1) is 102. The third kappa shape index (κ3) is 23.0. The second-order valence-electron chi connectivity index (χ2n) is 37.8. The highest BCUT2D eigenvalue weighted by Gasteiger charge is 2.37. The molecular weight excluding hydrogens is 1920 g/mol. The van der Waals surface area contributed by atoms with Gasteiger partial charge in [0.15, 0.2) is 58.0 Å². The maximum absolute atomic E-state index is 15.0. The summed E-state index contributed by atoms with van der Waals surface area (Å²) >= 11 is 12.3. The lowest BCUT2D eigenvalue weighted by Gasteiger charge is -2.32. The number of rotatable bonds is 27. The van der Waals surface area contributed by atoms with Gasteiger partial charge < -0.3 is 33.8 Å². The van der Waals surface area contributed by atoms with Crippen LogP contribution in [0.25, 0.3) is 90.1 Å². The molecule has 1 amide bonds. The number of Topliss-reactive ketones (excluding diaryl/α,β-unsaturated/α-hetero) is 7. The molecule has 24 nitrogen and oxygen atoms in total. The molecule has 0 radical (unpaired) electrons. The fraction of sp³-hybridized carbons (Fsp3) is 0.330. The summed E-state index contributed by atoms with van der Waals surface area (Å²) in [5, 5.41) is 42.7. The number of fused-ring (bicyclic) bond motifs is 4. The van der Waals surface area contributed by atoms with Crippen molar-refractivity contribution in [2.45, 2.75) is 226 Å². The van der Waals surface area contributed by atoms with E-state index < -0.39 is 5.82 Å². The van der Waals surface area contributed by atoms with E-state index in [2.05, 4.69) is 46.0 Å². The summed E-state index contributed by atoms with van der Waals surface area (Å²) in [5.74, 6) is 5.74. The lowest BCUT2D eigenvalue weighted by atomic mass is 9.82. The Morgan fingerprint density at radius 3 is 1.27 bits per heavy atom. The van der Waals surface area contributed by atoms with Crippen LogP contribution in [0.1, 0.15) is 310 Å². The highest BCUT2D eigenvalue weighted by Crippen LogP contribution is 2.47. The highest BCUT2D eigenvalue weighted by atomic mass is 35.5. The molecule has 0 spiro atoms. The van der Waals surface area contributed by atoms with Crippen LogP contribution in [-0.4, -0.2) is 116 Å². The van der Waals surface area contributed by atoms with Gasteiger partial charge in [0.2, 0.25) is 0 Å². The monoisotopic (exact) mass is 2030 g/mol. The molecule has 20 rings (SSSR count). The van der Waals surface area contributed by atoms with Crippen LogP contribution in [-0.2, 0) is 0 Å². The Balaban J connectivity index is 0.000000132. The van der Waals surface area contributed by atoms with Crippen molar-refractivity contribution in [3.63, 3.8) is 0 Å². The number of aryl methyl sites for hydroxylation is 3. The van der Waals surface area contributed by atoms with Crippen LogP contribution in [0.4, 0.5) is 4.39 Å². The number of terminal acetylenes is 1. The third-order valence-corrected chi connectivity index (χ3v) is 32.4. The lowest BCUT2D eigenvalue weighted by Crippen LogP contribution is -2.38. The minimum atomic E-state index is -0.549. The van der Waals surface area contributed by atoms with Crippen molar-refractivity contribution in [3.05, 3.63) is 272 Å². The van der Waals surface area contributed by atoms with Crippen LogP contribution in [0.3, 0.4) is 0 Å². The number of nitriles is 2. The molecule has 16 aromatic rings. The van der Waals surface area contributed by atoms with Crippen molar-refractivity contribution in [1.82, 2.24) is 58.5 Å². The van der Waals surface area contributed by atoms with Crippen LogP contribution in [0.2, 0.25) is 5.15 Å². The summed E-state index contributed by atoms with van der Waals surface area (Å²) in [5.41, 5.74) is 11.4. The number of hydrogen-bond donors (Lipinski definition) is 3. The van der Waals surface area contributed by atoms with Crippen molar-refractivity contribution in [2.24, 2.45) is 17.8 Å². The van der Waals surface area contributed by atoms with E-state index in [1.807, 2.05) is 168 Å². The van der Waals surface area contributed by atoms with Gasteiger partial charge >= 0.3 is 0 Å². The number of nitrogens with one attached hydrogen (secondary N) is 1. The molecule has 4 aliphatic rings. The van der Waals surface area contributed by atoms with Crippen molar-refractivity contribution in [2.75, 3.05) is 0 Å². The molecule has 8 atom stereocenters. The topological polar surface area (TPSA) is 347 Å². The normalized spacial score (nSPS) is 17.7. The number of carbonyl (C=O) groups excluding carboxylic acids is 8. The first-order valence-electron chi connectivity index (χ1n) is 49.6. The molecule has 0 saturated heterocycles. The Hall–Kier alpha value is -14.3. The van der Waals surface area contributed by atoms with Gasteiger partial charge in [-0.05, 0) is 292 Å². The molecular formula is C115H110ClFN14O10S4. The second kappa shape index (κ2) is 45.8. The van der Waals surface area contributed by atoms with Gasteiger partial charge in [-0.15, -0.1) is 51.8 Å². The number of imidazole rings is 4. The molecule has 0 aliphatic heterocycles. The van der Waals surface area contributed by atoms with Crippen LogP contribution in [0.15, 0.2) is 188 Å². The Morgan fingerprint density at radius 1 is 0.434 bits per heavy atom. The van der Waals surface area contributed by atoms with E-state index in [1.54, 1.807) is 66.1 Å². The van der Waals surface area contributed by atoms with Gasteiger partial charge in [-0.3, -0.25) is 43.3 Å². The number of aromatic hydroxyl groups is 2. The summed E-state index contributed by atoms with van der Waals surface area (Å²) in [6, 6.07) is 56.9. The number of nitrogens with zero attached hydrogens (tertiary/aromatic N) is 13. The van der Waals surface area contributed by atoms with Gasteiger partial charge in [-0.25, -0.2) is 34.3 Å². The molecule has 4 saturated carbocycles. The molecule has 0 unspecified atom stereocenters. The number of amides is 1. The number of pyridine rings is 3. The first-order valence-corrected chi connectivity index (χ1v) is 53.2. The minimum absolute atomic E-state index is 0.00615. The van der Waals surface area contributed by atoms with Crippen molar-refractivity contribution in [3.8, 4) is 81.9 Å². The van der Waals surface area contributed by atoms with Gasteiger partial charge in [-0.2, -0.15) is 10.5 Å². The van der Waals surface area contributed by atoms with E-state index in [1.165, 1.54) is 58.4 Å². The highest BCUT2D eigenvalue weighted by molar-refractivity contribution is 7.15. The smallest absolute Gasteiger partial charge is 0.261 e. The molecule has 0 bridgehead atoms. The zero-order chi connectivity index (χ0) is 102. The molecule has 11 heterocycles. The van der Waals surface area contributed by atoms with Crippen LogP contribution < -0.4 is 5.32 Å². The number of phenolic OH excluding ortho intramolecular Hbond substituents is 1. The van der Waals surface area contributed by atoms with Crippen LogP contribution in [0, 0.1) is 79.3 Å². The molecule has 4 aliphatic carbocycles. The Kier molecular flexibility index (Phi) is 32.3. The molecule has 3 N–H and O–H groups in total. The van der Waals surface area contributed by atoms with Crippen LogP contribution in [0.5, 0.6) is 11.5 Å². The fourth-order valence-electron chi connectivity index (χ4n) is 20.9. The van der Waals surface area contributed by atoms with E-state index in [9.17, 15) is 59.1 Å². The maximum atomic E-state index is 15.0. The van der Waals surface area contributed by atoms with E-state index in [0.717, 1.165) is 170 Å². The van der Waals surface area contributed by atoms with Crippen molar-refractivity contribution in [1.29, 1.82) is 10.5 Å². The Bertz CT molecular complexity index is 7760. The zero-order valence-corrected chi connectivity index (χ0v) is 85.7. The van der Waals surface area contributed by atoms with Gasteiger partial charge in [-0.1, -0.05) is 70.5 Å². The number of phenols is 1. The average Bonchev–Trinajstić information content (AvgIpc) is 1.62. The maximum Gasteiger partial charge on any atom is 0.261 e. The summed E-state index contributed by atoms with van der Waals surface area (Å²) in [6.07, 6.45) is 26.5. The standard InChI is InChI=1S/C30H25ClN4O2S.C29H29FN2O3S.C29H28N4O2S.C27H28N4O3S/c1-3-22-10-13-28(38-22)27(37)15-18-6-5-7-21(14-18)35-25-12-9-19(26(36)4-2)16-24(25)34-30(35)23-11-8-20(17-32)29(31)33-23;1-3-24(33)19-11-12-23-22(16-19)31-29(28-21(30)8-5-9-25(28)34)32(23)20-7-4-6-18(14-20)15-26(35)27-13-10-17(2)36-27;1-3-25(34)20-10-11-24-23(16-20)32-29(28-21(17-30)7-5-13-31-28)33(24)22-8-4-6-19(14-22)15-26(35)27-12-9-18(2)36-27;1-3-24(33)17-8-11-23-22(13-17)30-26(21-10-9-20(32)15-28-21)31(23)19-6-4-5-18(14-19)29-27(34)25-12-7-16(2)35-25/h1,8-13,16,18,21H,4-7,14-15H2,2H3;5,8-13,16,18,20,34H,3-4,6-7,14-15H2,1-2H3;5,7,9-13,16,19,22H,3-4,6,8,14-15H2,1-2H3;7-13,15,18-19,32H,3-6,14H2,1-2H3,(H,29,34)/t18-,21+;18-,20+;19-,22+;18-,19+/m1111/s1. The van der Waals surface area contributed by atoms with E-state index in [-0.39, 0.29) is 117 Å². The SMILES string of the molecule is C#Cc1ccc(C(=O)C[C@@H]2CCC[C@H](n3c(-c4ccc(C#N)c(Cl)n4)nc4cc(C(=O)CC)ccc43)C2)s1.CCC(=O)c1ccc2c(c1)nc(-c1c(O)cccc1F)n2[C@H]1CCC[C@@H](CC(=O)c2ccc(C)s2)C1.CCC(=O)c1ccc2c(c1)nc(-c1ccc(O)cn1)n2[C@H]1CCC[C@@H](NC(=O)c2ccc(C)s2)C1.CCC(=O)c1ccc2c(c1)nc(-c1ncccc1C#N)n2[C@H]1CCC[C@@H](CC(=O)c2ccc(C)s2)C1. The summed E-state index contributed by atoms with van der Waals surface area (Å²) < 4.78 is 23.6. The number of hydrogen-bond acceptors (Lipinski definition) is 23. The number of thiophene rings is 4.